The number of aryl methyl sites for hydroxylation is 1. The normalized spacial score (nSPS) is 25.8. The van der Waals surface area contributed by atoms with Crippen LogP contribution >= 0.6 is 15.9 Å². The second kappa shape index (κ2) is 4.24. The number of nitrogens with one attached hydrogen (secondary N) is 1. The molecule has 0 amide bonds. The molecule has 0 bridgehead atoms. The highest BCUT2D eigenvalue weighted by atomic mass is 79.9. The van der Waals surface area contributed by atoms with Gasteiger partial charge < -0.3 is 10.4 Å². The van der Waals surface area contributed by atoms with Gasteiger partial charge in [0.05, 0.1) is 5.60 Å². The van der Waals surface area contributed by atoms with Crippen molar-refractivity contribution in [2.75, 3.05) is 13.1 Å². The van der Waals surface area contributed by atoms with Crippen LogP contribution in [-0.4, -0.2) is 23.8 Å². The van der Waals surface area contributed by atoms with Crippen LogP contribution in [0.1, 0.15) is 17.5 Å². The van der Waals surface area contributed by atoms with Crippen LogP contribution in [0.15, 0.2) is 22.7 Å². The molecule has 1 aliphatic rings. The van der Waals surface area contributed by atoms with Gasteiger partial charge in [-0.1, -0.05) is 22.0 Å². The Morgan fingerprint density at radius 1 is 1.53 bits per heavy atom. The van der Waals surface area contributed by atoms with E-state index in [1.54, 1.807) is 0 Å². The van der Waals surface area contributed by atoms with Gasteiger partial charge in [-0.25, -0.2) is 0 Å². The maximum absolute atomic E-state index is 10.3. The van der Waals surface area contributed by atoms with Crippen LogP contribution < -0.4 is 5.32 Å². The predicted octanol–water partition coefficient (Wildman–Crippen LogP) is 2.02. The van der Waals surface area contributed by atoms with Gasteiger partial charge in [-0.15, -0.1) is 0 Å². The molecular formula is C12H16BrNO. The lowest BCUT2D eigenvalue weighted by atomic mass is 9.91. The number of rotatable bonds is 2. The third-order valence-corrected chi connectivity index (χ3v) is 3.55. The van der Waals surface area contributed by atoms with E-state index < -0.39 is 5.60 Å². The lowest BCUT2D eigenvalue weighted by Crippen LogP contribution is -2.34. The van der Waals surface area contributed by atoms with Crippen molar-refractivity contribution in [2.24, 2.45) is 0 Å². The van der Waals surface area contributed by atoms with Crippen molar-refractivity contribution in [3.8, 4) is 0 Å². The van der Waals surface area contributed by atoms with E-state index in [1.165, 1.54) is 11.1 Å². The summed E-state index contributed by atoms with van der Waals surface area (Å²) in [5.41, 5.74) is 1.93. The molecule has 0 spiro atoms. The molecule has 3 heteroatoms. The fourth-order valence-corrected chi connectivity index (χ4v) is 2.47. The zero-order valence-corrected chi connectivity index (χ0v) is 10.5. The maximum Gasteiger partial charge on any atom is 0.0823 e. The van der Waals surface area contributed by atoms with E-state index in [-0.39, 0.29) is 0 Å². The summed E-state index contributed by atoms with van der Waals surface area (Å²) in [6.45, 7) is 3.72. The third-order valence-electron chi connectivity index (χ3n) is 3.05. The Labute approximate surface area is 98.8 Å². The molecule has 1 heterocycles. The Kier molecular flexibility index (Phi) is 3.14. The summed E-state index contributed by atoms with van der Waals surface area (Å²) in [5, 5.41) is 13.5. The first-order valence-electron chi connectivity index (χ1n) is 5.27. The molecule has 0 saturated carbocycles. The number of hydrogen-bond donors (Lipinski definition) is 2. The van der Waals surface area contributed by atoms with Gasteiger partial charge in [0, 0.05) is 17.4 Å². The van der Waals surface area contributed by atoms with Gasteiger partial charge in [0.15, 0.2) is 0 Å². The fraction of sp³-hybridized carbons (Fsp3) is 0.500. The standard InChI is InChI=1S/C12H16BrNO/c1-9-2-3-11(13)6-10(9)7-12(15)4-5-14-8-12/h2-3,6,14-15H,4-5,7-8H2,1H3. The van der Waals surface area contributed by atoms with Gasteiger partial charge in [-0.05, 0) is 43.1 Å². The van der Waals surface area contributed by atoms with Gasteiger partial charge in [-0.3, -0.25) is 0 Å². The minimum Gasteiger partial charge on any atom is -0.388 e. The number of halogens is 1. The number of aliphatic hydroxyl groups is 1. The molecule has 1 atom stereocenters. The van der Waals surface area contributed by atoms with Crippen molar-refractivity contribution in [1.29, 1.82) is 0 Å². The van der Waals surface area contributed by atoms with Crippen molar-refractivity contribution in [2.45, 2.75) is 25.4 Å². The Hall–Kier alpha value is -0.380. The number of β-amino-alcohol motifs (C(OH)–C–C–N with tert-alkyl or cyclic N) is 1. The van der Waals surface area contributed by atoms with E-state index in [4.69, 9.17) is 0 Å². The molecule has 2 nitrogen and oxygen atoms in total. The smallest absolute Gasteiger partial charge is 0.0823 e. The SMILES string of the molecule is Cc1ccc(Br)cc1CC1(O)CCNC1. The Morgan fingerprint density at radius 3 is 3.00 bits per heavy atom. The molecular weight excluding hydrogens is 254 g/mol. The molecule has 82 valence electrons. The van der Waals surface area contributed by atoms with Crippen LogP contribution in [0.25, 0.3) is 0 Å². The quantitative estimate of drug-likeness (QED) is 0.861. The van der Waals surface area contributed by atoms with Crippen molar-refractivity contribution in [1.82, 2.24) is 5.32 Å². The second-order valence-electron chi connectivity index (χ2n) is 4.40. The van der Waals surface area contributed by atoms with Gasteiger partial charge in [0.25, 0.3) is 0 Å². The summed E-state index contributed by atoms with van der Waals surface area (Å²) in [7, 11) is 0. The van der Waals surface area contributed by atoms with E-state index in [2.05, 4.69) is 40.3 Å². The summed E-state index contributed by atoms with van der Waals surface area (Å²) in [6, 6.07) is 6.23. The monoisotopic (exact) mass is 269 g/mol. The van der Waals surface area contributed by atoms with Gasteiger partial charge in [0.2, 0.25) is 0 Å². The summed E-state index contributed by atoms with van der Waals surface area (Å²) in [4.78, 5) is 0. The summed E-state index contributed by atoms with van der Waals surface area (Å²) in [5.74, 6) is 0. The second-order valence-corrected chi connectivity index (χ2v) is 5.31. The molecule has 1 fully saturated rings. The van der Waals surface area contributed by atoms with Crippen LogP contribution in [0.3, 0.4) is 0 Å². The largest absolute Gasteiger partial charge is 0.388 e. The van der Waals surface area contributed by atoms with Crippen molar-refractivity contribution < 1.29 is 5.11 Å². The lowest BCUT2D eigenvalue weighted by Gasteiger charge is -2.22. The summed E-state index contributed by atoms with van der Waals surface area (Å²) >= 11 is 3.47. The van der Waals surface area contributed by atoms with E-state index >= 15 is 0 Å². The number of benzene rings is 1. The first-order valence-corrected chi connectivity index (χ1v) is 6.06. The molecule has 1 saturated heterocycles. The van der Waals surface area contributed by atoms with E-state index in [0.29, 0.717) is 6.54 Å². The zero-order chi connectivity index (χ0) is 10.9. The molecule has 2 N–H and O–H groups in total. The molecule has 0 aromatic heterocycles. The van der Waals surface area contributed by atoms with Crippen molar-refractivity contribution in [3.63, 3.8) is 0 Å². The number of hydrogen-bond acceptors (Lipinski definition) is 2. The van der Waals surface area contributed by atoms with Crippen LogP contribution in [0.5, 0.6) is 0 Å². The summed E-state index contributed by atoms with van der Waals surface area (Å²) in [6.07, 6.45) is 1.59. The minimum atomic E-state index is -0.550. The van der Waals surface area contributed by atoms with Crippen LogP contribution in [0.2, 0.25) is 0 Å². The molecule has 15 heavy (non-hydrogen) atoms. The van der Waals surface area contributed by atoms with E-state index in [9.17, 15) is 5.11 Å². The first-order chi connectivity index (χ1) is 7.09. The average Bonchev–Trinajstić information content (AvgIpc) is 2.59. The highest BCUT2D eigenvalue weighted by Crippen LogP contribution is 2.24. The van der Waals surface area contributed by atoms with Gasteiger partial charge in [0.1, 0.15) is 0 Å². The van der Waals surface area contributed by atoms with Gasteiger partial charge >= 0.3 is 0 Å². The fourth-order valence-electron chi connectivity index (χ4n) is 2.07. The topological polar surface area (TPSA) is 32.3 Å². The zero-order valence-electron chi connectivity index (χ0n) is 8.89. The first kappa shape index (κ1) is 11.1. The molecule has 1 aromatic carbocycles. The summed E-state index contributed by atoms with van der Waals surface area (Å²) < 4.78 is 1.08. The predicted molar refractivity (Wildman–Crippen MR) is 65.0 cm³/mol. The average molecular weight is 270 g/mol. The van der Waals surface area contributed by atoms with Crippen LogP contribution in [0, 0.1) is 6.92 Å². The minimum absolute atomic E-state index is 0.550. The molecule has 1 aromatic rings. The molecule has 1 unspecified atom stereocenters. The Morgan fingerprint density at radius 2 is 2.33 bits per heavy atom. The molecule has 1 aliphatic heterocycles. The Bertz CT molecular complexity index is 359. The van der Waals surface area contributed by atoms with E-state index in [0.717, 1.165) is 23.9 Å². The highest BCUT2D eigenvalue weighted by Gasteiger charge is 2.31. The Balaban J connectivity index is 2.19. The lowest BCUT2D eigenvalue weighted by molar-refractivity contribution is 0.0617. The van der Waals surface area contributed by atoms with Crippen LogP contribution in [-0.2, 0) is 6.42 Å². The van der Waals surface area contributed by atoms with Gasteiger partial charge in [-0.2, -0.15) is 0 Å². The molecule has 0 radical (unpaired) electrons. The van der Waals surface area contributed by atoms with Crippen molar-refractivity contribution >= 4 is 15.9 Å². The van der Waals surface area contributed by atoms with Crippen LogP contribution in [0.4, 0.5) is 0 Å². The van der Waals surface area contributed by atoms with E-state index in [1.807, 2.05) is 6.07 Å². The molecule has 2 rings (SSSR count). The molecule has 0 aliphatic carbocycles. The third kappa shape index (κ3) is 2.60. The highest BCUT2D eigenvalue weighted by molar-refractivity contribution is 9.10. The van der Waals surface area contributed by atoms with Crippen molar-refractivity contribution in [3.05, 3.63) is 33.8 Å². The maximum atomic E-state index is 10.3.